The highest BCUT2D eigenvalue weighted by molar-refractivity contribution is 7.11. The molecule has 4 heteroatoms. The quantitative estimate of drug-likeness (QED) is 0.786. The predicted octanol–water partition coefficient (Wildman–Crippen LogP) is 3.53. The van der Waals surface area contributed by atoms with Crippen LogP contribution in [0.1, 0.15) is 28.9 Å². The van der Waals surface area contributed by atoms with Crippen molar-refractivity contribution in [2.24, 2.45) is 0 Å². The number of para-hydroxylation sites is 1. The molecular formula is C15H20N2OS. The lowest BCUT2D eigenvalue weighted by molar-refractivity contribution is 0.305. The summed E-state index contributed by atoms with van der Waals surface area (Å²) in [6.07, 6.45) is 1.15. The van der Waals surface area contributed by atoms with Gasteiger partial charge in [0.05, 0.1) is 5.69 Å². The normalized spacial score (nSPS) is 10.6. The van der Waals surface area contributed by atoms with E-state index in [1.807, 2.05) is 30.3 Å². The first-order valence-electron chi connectivity index (χ1n) is 6.63. The molecule has 0 bridgehead atoms. The molecule has 3 nitrogen and oxygen atoms in total. The Morgan fingerprint density at radius 1 is 1.26 bits per heavy atom. The number of hydrogen-bond donors (Lipinski definition) is 1. The average Bonchev–Trinajstić information content (AvgIpc) is 2.79. The molecule has 2 aromatic rings. The monoisotopic (exact) mass is 276 g/mol. The molecule has 1 aromatic carbocycles. The van der Waals surface area contributed by atoms with Crippen molar-refractivity contribution in [1.82, 2.24) is 10.3 Å². The Morgan fingerprint density at radius 2 is 2.05 bits per heavy atom. The summed E-state index contributed by atoms with van der Waals surface area (Å²) >= 11 is 1.73. The number of nitrogens with zero attached hydrogens (tertiary/aromatic N) is 1. The van der Waals surface area contributed by atoms with Gasteiger partial charge in [0, 0.05) is 11.4 Å². The van der Waals surface area contributed by atoms with Gasteiger partial charge in [0.15, 0.2) is 0 Å². The van der Waals surface area contributed by atoms with Gasteiger partial charge in [-0.15, -0.1) is 11.3 Å². The van der Waals surface area contributed by atoms with Crippen molar-refractivity contribution in [3.8, 4) is 5.75 Å². The Labute approximate surface area is 118 Å². The molecular weight excluding hydrogens is 256 g/mol. The molecule has 19 heavy (non-hydrogen) atoms. The summed E-state index contributed by atoms with van der Waals surface area (Å²) in [6.45, 7) is 6.73. The van der Waals surface area contributed by atoms with Crippen molar-refractivity contribution < 1.29 is 4.74 Å². The van der Waals surface area contributed by atoms with Crippen molar-refractivity contribution in [2.45, 2.75) is 33.4 Å². The van der Waals surface area contributed by atoms with Crippen LogP contribution in [0.3, 0.4) is 0 Å². The third-order valence-corrected chi connectivity index (χ3v) is 3.89. The number of benzene rings is 1. The second-order valence-corrected chi connectivity index (χ2v) is 5.56. The van der Waals surface area contributed by atoms with E-state index in [1.54, 1.807) is 11.3 Å². The summed E-state index contributed by atoms with van der Waals surface area (Å²) < 4.78 is 5.71. The van der Waals surface area contributed by atoms with Gasteiger partial charge in [-0.3, -0.25) is 0 Å². The summed E-state index contributed by atoms with van der Waals surface area (Å²) in [5.74, 6) is 0.890. The minimum absolute atomic E-state index is 0.545. The summed E-state index contributed by atoms with van der Waals surface area (Å²) in [5.41, 5.74) is 1.11. The Kier molecular flexibility index (Phi) is 5.36. The zero-order valence-electron chi connectivity index (χ0n) is 11.5. The summed E-state index contributed by atoms with van der Waals surface area (Å²) in [4.78, 5) is 5.86. The number of aryl methyl sites for hydroxylation is 1. The van der Waals surface area contributed by atoms with Crippen molar-refractivity contribution in [3.63, 3.8) is 0 Å². The van der Waals surface area contributed by atoms with Gasteiger partial charge < -0.3 is 10.1 Å². The smallest absolute Gasteiger partial charge is 0.140 e. The molecule has 1 aromatic heterocycles. The third-order valence-electron chi connectivity index (χ3n) is 2.75. The zero-order valence-corrected chi connectivity index (χ0v) is 12.3. The van der Waals surface area contributed by atoms with E-state index in [0.29, 0.717) is 6.61 Å². The summed E-state index contributed by atoms with van der Waals surface area (Å²) in [6, 6.07) is 9.86. The maximum Gasteiger partial charge on any atom is 0.140 e. The van der Waals surface area contributed by atoms with Crippen LogP contribution in [0.15, 0.2) is 30.3 Å². The molecule has 0 aliphatic heterocycles. The molecule has 0 saturated heterocycles. The number of thiazole rings is 1. The molecule has 0 aliphatic rings. The molecule has 0 unspecified atom stereocenters. The van der Waals surface area contributed by atoms with E-state index >= 15 is 0 Å². The number of rotatable bonds is 7. The number of hydrogen-bond acceptors (Lipinski definition) is 4. The first-order valence-corrected chi connectivity index (χ1v) is 7.45. The zero-order chi connectivity index (χ0) is 13.5. The van der Waals surface area contributed by atoms with Gasteiger partial charge in [-0.25, -0.2) is 4.98 Å². The topological polar surface area (TPSA) is 34.1 Å². The first kappa shape index (κ1) is 14.0. The van der Waals surface area contributed by atoms with E-state index in [9.17, 15) is 0 Å². The summed E-state index contributed by atoms with van der Waals surface area (Å²) in [5, 5.41) is 4.45. The highest BCUT2D eigenvalue weighted by atomic mass is 32.1. The lowest BCUT2D eigenvalue weighted by Crippen LogP contribution is -2.13. The first-order chi connectivity index (χ1) is 9.29. The fraction of sp³-hybridized carbons (Fsp3) is 0.400. The van der Waals surface area contributed by atoms with Crippen LogP contribution >= 0.6 is 11.3 Å². The molecule has 102 valence electrons. The SMILES string of the molecule is CCCNCc1sc(COc2ccccc2)nc1C. The van der Waals surface area contributed by atoms with E-state index in [0.717, 1.165) is 36.0 Å². The van der Waals surface area contributed by atoms with Gasteiger partial charge in [-0.05, 0) is 32.0 Å². The standard InChI is InChI=1S/C15H20N2OS/c1-3-9-16-10-14-12(2)17-15(19-14)11-18-13-7-5-4-6-8-13/h4-8,16H,3,9-11H2,1-2H3. The highest BCUT2D eigenvalue weighted by Crippen LogP contribution is 2.20. The molecule has 0 saturated carbocycles. The second-order valence-electron chi connectivity index (χ2n) is 4.39. The molecule has 0 spiro atoms. The lowest BCUT2D eigenvalue weighted by atomic mass is 10.3. The minimum atomic E-state index is 0.545. The molecule has 1 heterocycles. The van der Waals surface area contributed by atoms with Crippen LogP contribution in [0.5, 0.6) is 5.75 Å². The Balaban J connectivity index is 1.89. The summed E-state index contributed by atoms with van der Waals surface area (Å²) in [7, 11) is 0. The van der Waals surface area contributed by atoms with Gasteiger partial charge in [0.25, 0.3) is 0 Å². The van der Waals surface area contributed by atoms with Crippen LogP contribution in [-0.4, -0.2) is 11.5 Å². The second kappa shape index (κ2) is 7.26. The number of nitrogens with one attached hydrogen (secondary N) is 1. The van der Waals surface area contributed by atoms with Crippen LogP contribution in [0.25, 0.3) is 0 Å². The highest BCUT2D eigenvalue weighted by Gasteiger charge is 2.07. The molecule has 0 amide bonds. The van der Waals surface area contributed by atoms with Crippen LogP contribution in [0, 0.1) is 6.92 Å². The largest absolute Gasteiger partial charge is 0.486 e. The van der Waals surface area contributed by atoms with Gasteiger partial charge >= 0.3 is 0 Å². The molecule has 0 atom stereocenters. The lowest BCUT2D eigenvalue weighted by Gasteiger charge is -2.02. The fourth-order valence-corrected chi connectivity index (χ4v) is 2.71. The van der Waals surface area contributed by atoms with Gasteiger partial charge in [-0.2, -0.15) is 0 Å². The Hall–Kier alpha value is -1.39. The Morgan fingerprint density at radius 3 is 2.79 bits per heavy atom. The number of aromatic nitrogens is 1. The van der Waals surface area contributed by atoms with Gasteiger partial charge in [-0.1, -0.05) is 25.1 Å². The molecule has 0 aliphatic carbocycles. The van der Waals surface area contributed by atoms with Gasteiger partial charge in [0.1, 0.15) is 17.4 Å². The van der Waals surface area contributed by atoms with Crippen LogP contribution in [0.2, 0.25) is 0 Å². The third kappa shape index (κ3) is 4.33. The predicted molar refractivity (Wildman–Crippen MR) is 79.6 cm³/mol. The van der Waals surface area contributed by atoms with Crippen LogP contribution < -0.4 is 10.1 Å². The average molecular weight is 276 g/mol. The van der Waals surface area contributed by atoms with Crippen molar-refractivity contribution >= 4 is 11.3 Å². The van der Waals surface area contributed by atoms with E-state index in [-0.39, 0.29) is 0 Å². The number of ether oxygens (including phenoxy) is 1. The van der Waals surface area contributed by atoms with Crippen LogP contribution in [-0.2, 0) is 13.2 Å². The fourth-order valence-electron chi connectivity index (χ4n) is 1.75. The Bertz CT molecular complexity index is 496. The maximum atomic E-state index is 5.71. The van der Waals surface area contributed by atoms with E-state index < -0.39 is 0 Å². The molecule has 0 radical (unpaired) electrons. The van der Waals surface area contributed by atoms with Crippen molar-refractivity contribution in [2.75, 3.05) is 6.54 Å². The molecule has 2 rings (SSSR count). The molecule has 1 N–H and O–H groups in total. The molecule has 0 fully saturated rings. The van der Waals surface area contributed by atoms with E-state index in [2.05, 4.69) is 24.1 Å². The minimum Gasteiger partial charge on any atom is -0.486 e. The van der Waals surface area contributed by atoms with Crippen LogP contribution in [0.4, 0.5) is 0 Å². The van der Waals surface area contributed by atoms with Crippen molar-refractivity contribution in [3.05, 3.63) is 45.9 Å². The van der Waals surface area contributed by atoms with E-state index in [1.165, 1.54) is 4.88 Å². The van der Waals surface area contributed by atoms with Crippen molar-refractivity contribution in [1.29, 1.82) is 0 Å². The van der Waals surface area contributed by atoms with E-state index in [4.69, 9.17) is 4.74 Å². The van der Waals surface area contributed by atoms with Gasteiger partial charge in [0.2, 0.25) is 0 Å². The maximum absolute atomic E-state index is 5.71.